The minimum Gasteiger partial charge on any atom is -0.384 e. The normalized spacial score (nSPS) is 12.1. The van der Waals surface area contributed by atoms with E-state index in [0.717, 1.165) is 17.7 Å². The maximum absolute atomic E-state index is 9.17. The van der Waals surface area contributed by atoms with E-state index in [2.05, 4.69) is 29.7 Å². The molecule has 2 aromatic rings. The van der Waals surface area contributed by atoms with E-state index in [1.165, 1.54) is 5.56 Å². The number of anilines is 1. The smallest absolute Gasteiger partial charge is 0.122 e. The van der Waals surface area contributed by atoms with E-state index in [9.17, 15) is 0 Å². The van der Waals surface area contributed by atoms with Gasteiger partial charge in [-0.3, -0.25) is 0 Å². The molecular weight excluding hydrogens is 234 g/mol. The summed E-state index contributed by atoms with van der Waals surface area (Å²) in [5, 5.41) is 9.17. The highest BCUT2D eigenvalue weighted by molar-refractivity contribution is 5.58. The van der Waals surface area contributed by atoms with Crippen molar-refractivity contribution in [1.29, 1.82) is 5.26 Å². The highest BCUT2D eigenvalue weighted by atomic mass is 15.1. The van der Waals surface area contributed by atoms with Gasteiger partial charge in [0.1, 0.15) is 11.9 Å². The summed E-state index contributed by atoms with van der Waals surface area (Å²) in [7, 11) is 0. The van der Waals surface area contributed by atoms with Crippen molar-refractivity contribution in [2.45, 2.75) is 33.2 Å². The molecule has 0 bridgehead atoms. The summed E-state index contributed by atoms with van der Waals surface area (Å²) in [6, 6.07) is 12.8. The second kappa shape index (κ2) is 5.19. The lowest BCUT2D eigenvalue weighted by atomic mass is 10.1. The standard InChI is InChI=1S/C16H19N3/c1-11(9-14-7-5-4-6-8-14)19-13(3)12(2)15(10-17)16(19)18/h4-8,11H,9,18H2,1-3H3. The first-order valence-corrected chi connectivity index (χ1v) is 6.47. The van der Waals surface area contributed by atoms with Gasteiger partial charge in [0, 0.05) is 11.7 Å². The average Bonchev–Trinajstić information content (AvgIpc) is 2.61. The lowest BCUT2D eigenvalue weighted by Gasteiger charge is -2.18. The van der Waals surface area contributed by atoms with Crippen LogP contribution in [0.1, 0.15) is 35.3 Å². The van der Waals surface area contributed by atoms with Crippen LogP contribution in [-0.2, 0) is 6.42 Å². The molecule has 1 aromatic heterocycles. The summed E-state index contributed by atoms with van der Waals surface area (Å²) in [6.07, 6.45) is 0.908. The van der Waals surface area contributed by atoms with Crippen LogP contribution in [0.5, 0.6) is 0 Å². The van der Waals surface area contributed by atoms with Crippen LogP contribution in [-0.4, -0.2) is 4.57 Å². The van der Waals surface area contributed by atoms with Gasteiger partial charge >= 0.3 is 0 Å². The Labute approximate surface area is 114 Å². The number of benzene rings is 1. The first kappa shape index (κ1) is 13.2. The molecule has 3 nitrogen and oxygen atoms in total. The Morgan fingerprint density at radius 3 is 2.42 bits per heavy atom. The topological polar surface area (TPSA) is 54.7 Å². The molecule has 0 radical (unpaired) electrons. The van der Waals surface area contributed by atoms with E-state index in [0.29, 0.717) is 11.4 Å². The number of nitrogen functional groups attached to an aromatic ring is 1. The summed E-state index contributed by atoms with van der Waals surface area (Å²) < 4.78 is 2.07. The molecule has 1 atom stereocenters. The molecule has 0 aliphatic carbocycles. The minimum absolute atomic E-state index is 0.239. The van der Waals surface area contributed by atoms with Gasteiger partial charge in [0.25, 0.3) is 0 Å². The number of nitriles is 1. The molecule has 0 saturated carbocycles. The second-order valence-electron chi connectivity index (χ2n) is 4.99. The van der Waals surface area contributed by atoms with Crippen molar-refractivity contribution < 1.29 is 0 Å². The molecule has 0 amide bonds. The molecule has 0 fully saturated rings. The van der Waals surface area contributed by atoms with E-state index in [1.54, 1.807) is 0 Å². The summed E-state index contributed by atoms with van der Waals surface area (Å²) in [6.45, 7) is 6.11. The maximum atomic E-state index is 9.17. The third kappa shape index (κ3) is 2.34. The predicted molar refractivity (Wildman–Crippen MR) is 77.9 cm³/mol. The zero-order chi connectivity index (χ0) is 14.0. The van der Waals surface area contributed by atoms with E-state index < -0.39 is 0 Å². The number of aromatic nitrogens is 1. The Morgan fingerprint density at radius 2 is 1.89 bits per heavy atom. The summed E-state index contributed by atoms with van der Waals surface area (Å²) in [4.78, 5) is 0. The van der Waals surface area contributed by atoms with Crippen LogP contribution in [0.15, 0.2) is 30.3 Å². The quantitative estimate of drug-likeness (QED) is 0.911. The molecule has 0 spiro atoms. The Balaban J connectivity index is 2.35. The highest BCUT2D eigenvalue weighted by Crippen LogP contribution is 2.28. The van der Waals surface area contributed by atoms with E-state index >= 15 is 0 Å². The lowest BCUT2D eigenvalue weighted by molar-refractivity contribution is 0.541. The van der Waals surface area contributed by atoms with Gasteiger partial charge in [-0.05, 0) is 38.3 Å². The van der Waals surface area contributed by atoms with Crippen LogP contribution in [0, 0.1) is 25.2 Å². The molecule has 98 valence electrons. The van der Waals surface area contributed by atoms with Crippen molar-refractivity contribution >= 4 is 5.82 Å². The van der Waals surface area contributed by atoms with E-state index in [-0.39, 0.29) is 6.04 Å². The number of nitrogens with zero attached hydrogens (tertiary/aromatic N) is 2. The van der Waals surface area contributed by atoms with Crippen molar-refractivity contribution in [3.05, 3.63) is 52.7 Å². The molecule has 2 rings (SSSR count). The van der Waals surface area contributed by atoms with Crippen molar-refractivity contribution in [2.24, 2.45) is 0 Å². The molecule has 2 N–H and O–H groups in total. The highest BCUT2D eigenvalue weighted by Gasteiger charge is 2.18. The monoisotopic (exact) mass is 253 g/mol. The molecule has 0 aliphatic heterocycles. The van der Waals surface area contributed by atoms with Gasteiger partial charge in [-0.15, -0.1) is 0 Å². The van der Waals surface area contributed by atoms with Gasteiger partial charge in [0.05, 0.1) is 5.56 Å². The van der Waals surface area contributed by atoms with Crippen LogP contribution in [0.25, 0.3) is 0 Å². The Morgan fingerprint density at radius 1 is 1.26 bits per heavy atom. The van der Waals surface area contributed by atoms with Gasteiger partial charge in [-0.25, -0.2) is 0 Å². The molecule has 1 aromatic carbocycles. The van der Waals surface area contributed by atoms with Gasteiger partial charge in [-0.1, -0.05) is 30.3 Å². The van der Waals surface area contributed by atoms with Crippen LogP contribution >= 0.6 is 0 Å². The van der Waals surface area contributed by atoms with Crippen LogP contribution < -0.4 is 5.73 Å². The van der Waals surface area contributed by atoms with Gasteiger partial charge in [0.2, 0.25) is 0 Å². The Bertz CT molecular complexity index is 618. The summed E-state index contributed by atoms with van der Waals surface area (Å²) >= 11 is 0. The average molecular weight is 253 g/mol. The SMILES string of the molecule is Cc1c(C#N)c(N)n(C(C)Cc2ccccc2)c1C. The van der Waals surface area contributed by atoms with E-state index in [1.807, 2.05) is 32.0 Å². The third-order valence-electron chi connectivity index (χ3n) is 3.72. The zero-order valence-corrected chi connectivity index (χ0v) is 11.6. The molecule has 1 unspecified atom stereocenters. The Kier molecular flexibility index (Phi) is 3.62. The maximum Gasteiger partial charge on any atom is 0.122 e. The zero-order valence-electron chi connectivity index (χ0n) is 11.6. The minimum atomic E-state index is 0.239. The van der Waals surface area contributed by atoms with Crippen LogP contribution in [0.4, 0.5) is 5.82 Å². The molecule has 19 heavy (non-hydrogen) atoms. The second-order valence-corrected chi connectivity index (χ2v) is 4.99. The third-order valence-corrected chi connectivity index (χ3v) is 3.72. The number of hydrogen-bond acceptors (Lipinski definition) is 2. The fraction of sp³-hybridized carbons (Fsp3) is 0.312. The predicted octanol–water partition coefficient (Wildman–Crippen LogP) is 3.36. The number of nitrogens with two attached hydrogens (primary N) is 1. The van der Waals surface area contributed by atoms with Gasteiger partial charge in [0.15, 0.2) is 0 Å². The number of rotatable bonds is 3. The van der Waals surface area contributed by atoms with Crippen molar-refractivity contribution in [3.8, 4) is 6.07 Å². The molecule has 0 saturated heterocycles. The van der Waals surface area contributed by atoms with E-state index in [4.69, 9.17) is 11.0 Å². The Hall–Kier alpha value is -2.21. The largest absolute Gasteiger partial charge is 0.384 e. The molecule has 0 aliphatic rings. The fourth-order valence-corrected chi connectivity index (χ4v) is 2.61. The van der Waals surface area contributed by atoms with Crippen molar-refractivity contribution in [1.82, 2.24) is 4.57 Å². The van der Waals surface area contributed by atoms with Crippen LogP contribution in [0.2, 0.25) is 0 Å². The van der Waals surface area contributed by atoms with Crippen molar-refractivity contribution in [3.63, 3.8) is 0 Å². The summed E-state index contributed by atoms with van der Waals surface area (Å²) in [5.41, 5.74) is 10.1. The van der Waals surface area contributed by atoms with Gasteiger partial charge in [-0.2, -0.15) is 5.26 Å². The fourth-order valence-electron chi connectivity index (χ4n) is 2.61. The summed E-state index contributed by atoms with van der Waals surface area (Å²) in [5.74, 6) is 0.584. The van der Waals surface area contributed by atoms with Crippen LogP contribution in [0.3, 0.4) is 0 Å². The first-order chi connectivity index (χ1) is 9.06. The van der Waals surface area contributed by atoms with Crippen molar-refractivity contribution in [2.75, 3.05) is 5.73 Å². The lowest BCUT2D eigenvalue weighted by Crippen LogP contribution is -2.12. The molecule has 1 heterocycles. The number of hydrogen-bond donors (Lipinski definition) is 1. The molecular formula is C16H19N3. The molecule has 3 heteroatoms. The first-order valence-electron chi connectivity index (χ1n) is 6.47. The van der Waals surface area contributed by atoms with Gasteiger partial charge < -0.3 is 10.3 Å².